The number of likely N-dealkylation sites (N-methyl/N-ethyl adjacent to an activating group) is 1. The van der Waals surface area contributed by atoms with Gasteiger partial charge in [0.2, 0.25) is 0 Å². The second-order valence-electron chi connectivity index (χ2n) is 6.91. The highest BCUT2D eigenvalue weighted by molar-refractivity contribution is 8.26. The first-order chi connectivity index (χ1) is 14.5. The molecular weight excluding hydrogens is 496 g/mol. The maximum atomic E-state index is 13.1. The second kappa shape index (κ2) is 9.63. The normalized spacial score (nSPS) is 20.1. The number of hydrogen-bond donors (Lipinski definition) is 1. The lowest BCUT2D eigenvalue weighted by atomic mass is 10.1. The van der Waals surface area contributed by atoms with Gasteiger partial charge in [-0.05, 0) is 25.3 Å². The molecule has 0 spiro atoms. The van der Waals surface area contributed by atoms with Gasteiger partial charge in [0.25, 0.3) is 11.8 Å². The number of nitrogens with zero attached hydrogens (tertiary/aromatic N) is 3. The summed E-state index contributed by atoms with van der Waals surface area (Å²) in [6.07, 6.45) is -3.51. The molecule has 13 heteroatoms. The molecule has 0 aromatic heterocycles. The number of carbonyl (C=O) groups is 2. The smallest absolute Gasteiger partial charge is 0.304 e. The van der Waals surface area contributed by atoms with Crippen molar-refractivity contribution >= 4 is 69.4 Å². The van der Waals surface area contributed by atoms with Crippen molar-refractivity contribution in [1.29, 1.82) is 0 Å². The molecule has 0 atom stereocenters. The van der Waals surface area contributed by atoms with Crippen LogP contribution in [-0.2, 0) is 15.8 Å². The number of benzene rings is 1. The number of thioether (sulfide) groups is 1. The number of amides is 2. The highest BCUT2D eigenvalue weighted by atomic mass is 35.5. The highest BCUT2D eigenvalue weighted by Crippen LogP contribution is 2.41. The molecule has 0 aliphatic carbocycles. The summed E-state index contributed by atoms with van der Waals surface area (Å²) in [5.41, 5.74) is 1.53. The van der Waals surface area contributed by atoms with Crippen LogP contribution in [0.15, 0.2) is 17.0 Å². The van der Waals surface area contributed by atoms with Crippen molar-refractivity contribution in [2.24, 2.45) is 0 Å². The van der Waals surface area contributed by atoms with Gasteiger partial charge in [-0.1, -0.05) is 47.2 Å². The third kappa shape index (κ3) is 5.71. The Morgan fingerprint density at radius 2 is 1.90 bits per heavy atom. The molecule has 0 unspecified atom stereocenters. The molecule has 2 aliphatic heterocycles. The third-order valence-corrected chi connectivity index (χ3v) is 6.78. The van der Waals surface area contributed by atoms with Gasteiger partial charge in [-0.15, -0.1) is 0 Å². The molecule has 31 heavy (non-hydrogen) atoms. The van der Waals surface area contributed by atoms with Crippen molar-refractivity contribution in [3.8, 4) is 0 Å². The van der Waals surface area contributed by atoms with E-state index in [1.54, 1.807) is 5.01 Å². The fourth-order valence-corrected chi connectivity index (χ4v) is 4.79. The number of halogens is 5. The fraction of sp³-hybridized carbons (Fsp3) is 0.389. The van der Waals surface area contributed by atoms with Gasteiger partial charge in [-0.2, -0.15) is 13.2 Å². The summed E-state index contributed by atoms with van der Waals surface area (Å²) in [6, 6.07) is 1.84. The summed E-state index contributed by atoms with van der Waals surface area (Å²) in [4.78, 5) is 28.3. The standard InChI is InChI=1S/C18H17Cl2F3N4O2S2/c1-25-4-6-26(7-5-25)24-14(28)9-27-16(29)13(31-17(27)30)8-10-12(19)3-2-11(15(10)20)18(21,22)23/h2-3,8H,4-7,9H2,1H3,(H,24,28)/b13-8-. The zero-order chi connectivity index (χ0) is 22.9. The third-order valence-electron chi connectivity index (χ3n) is 4.67. The lowest BCUT2D eigenvalue weighted by molar-refractivity contribution is -0.137. The maximum absolute atomic E-state index is 13.1. The van der Waals surface area contributed by atoms with Crippen molar-refractivity contribution in [2.45, 2.75) is 6.18 Å². The number of piperazine rings is 1. The number of hydrogen-bond acceptors (Lipinski definition) is 6. The first-order valence-electron chi connectivity index (χ1n) is 9.01. The average molecular weight is 513 g/mol. The van der Waals surface area contributed by atoms with E-state index in [9.17, 15) is 22.8 Å². The molecule has 1 aromatic carbocycles. The Labute approximate surface area is 196 Å². The van der Waals surface area contributed by atoms with Gasteiger partial charge < -0.3 is 4.90 Å². The second-order valence-corrected chi connectivity index (χ2v) is 9.37. The van der Waals surface area contributed by atoms with Crippen LogP contribution < -0.4 is 5.43 Å². The molecule has 2 heterocycles. The first kappa shape index (κ1) is 24.3. The molecule has 0 radical (unpaired) electrons. The van der Waals surface area contributed by atoms with Crippen molar-refractivity contribution in [1.82, 2.24) is 20.2 Å². The lowest BCUT2D eigenvalue weighted by Gasteiger charge is -2.32. The van der Waals surface area contributed by atoms with E-state index in [0.29, 0.717) is 13.1 Å². The first-order valence-corrected chi connectivity index (χ1v) is 11.0. The quantitative estimate of drug-likeness (QED) is 0.492. The van der Waals surface area contributed by atoms with Gasteiger partial charge in [0.05, 0.1) is 15.5 Å². The van der Waals surface area contributed by atoms with Gasteiger partial charge in [0, 0.05) is 36.8 Å². The van der Waals surface area contributed by atoms with E-state index in [1.807, 2.05) is 7.05 Å². The number of nitrogens with one attached hydrogen (secondary N) is 1. The van der Waals surface area contributed by atoms with Crippen LogP contribution in [0, 0.1) is 0 Å². The Bertz CT molecular complexity index is 950. The molecular formula is C18H17Cl2F3N4O2S2. The number of carbonyl (C=O) groups excluding carboxylic acids is 2. The van der Waals surface area contributed by atoms with Gasteiger partial charge in [-0.3, -0.25) is 19.9 Å². The van der Waals surface area contributed by atoms with Crippen molar-refractivity contribution < 1.29 is 22.8 Å². The van der Waals surface area contributed by atoms with Crippen LogP contribution in [-0.4, -0.2) is 70.7 Å². The zero-order valence-corrected chi connectivity index (χ0v) is 19.3. The molecule has 2 amide bonds. The molecule has 1 N–H and O–H groups in total. The monoisotopic (exact) mass is 512 g/mol. The Balaban J connectivity index is 1.74. The summed E-state index contributed by atoms with van der Waals surface area (Å²) in [7, 11) is 1.98. The minimum atomic E-state index is -4.68. The van der Waals surface area contributed by atoms with E-state index < -0.39 is 28.6 Å². The summed E-state index contributed by atoms with van der Waals surface area (Å²) in [6.45, 7) is 2.57. The molecule has 1 aromatic rings. The van der Waals surface area contributed by atoms with Crippen LogP contribution in [0.4, 0.5) is 13.2 Å². The molecule has 3 rings (SSSR count). The van der Waals surface area contributed by atoms with E-state index in [1.165, 1.54) is 0 Å². The van der Waals surface area contributed by atoms with Crippen LogP contribution in [0.1, 0.15) is 11.1 Å². The van der Waals surface area contributed by atoms with E-state index >= 15 is 0 Å². The maximum Gasteiger partial charge on any atom is 0.417 e. The van der Waals surface area contributed by atoms with Crippen molar-refractivity contribution in [2.75, 3.05) is 39.8 Å². The summed E-state index contributed by atoms with van der Waals surface area (Å²) >= 11 is 18.0. The Hall–Kier alpha value is -1.37. The fourth-order valence-electron chi connectivity index (χ4n) is 2.96. The Morgan fingerprint density at radius 1 is 1.26 bits per heavy atom. The number of rotatable bonds is 4. The SMILES string of the molecule is CN1CCN(NC(=O)CN2C(=O)/C(=C/c3c(Cl)ccc(C(F)(F)F)c3Cl)SC2=S)CC1. The van der Waals surface area contributed by atoms with E-state index in [2.05, 4.69) is 10.3 Å². The largest absolute Gasteiger partial charge is 0.417 e. The van der Waals surface area contributed by atoms with E-state index in [0.717, 1.165) is 48.0 Å². The van der Waals surface area contributed by atoms with Crippen LogP contribution >= 0.6 is 47.2 Å². The minimum absolute atomic E-state index is 0.0283. The summed E-state index contributed by atoms with van der Waals surface area (Å²) in [5.74, 6) is -1.02. The molecule has 2 fully saturated rings. The summed E-state index contributed by atoms with van der Waals surface area (Å²) in [5, 5.41) is 1.10. The van der Waals surface area contributed by atoms with Gasteiger partial charge >= 0.3 is 6.18 Å². The molecule has 0 saturated carbocycles. The number of alkyl halides is 3. The number of hydrazine groups is 1. The molecule has 6 nitrogen and oxygen atoms in total. The van der Waals surface area contributed by atoms with Crippen LogP contribution in [0.3, 0.4) is 0 Å². The molecule has 0 bridgehead atoms. The molecule has 2 saturated heterocycles. The van der Waals surface area contributed by atoms with Crippen molar-refractivity contribution in [3.05, 3.63) is 38.2 Å². The predicted molar refractivity (Wildman–Crippen MR) is 119 cm³/mol. The highest BCUT2D eigenvalue weighted by Gasteiger charge is 2.36. The Kier molecular flexibility index (Phi) is 7.54. The average Bonchev–Trinajstić information content (AvgIpc) is 2.93. The van der Waals surface area contributed by atoms with Crippen LogP contribution in [0.25, 0.3) is 6.08 Å². The molecule has 168 valence electrons. The minimum Gasteiger partial charge on any atom is -0.304 e. The van der Waals surface area contributed by atoms with Crippen LogP contribution in [0.5, 0.6) is 0 Å². The van der Waals surface area contributed by atoms with Crippen LogP contribution in [0.2, 0.25) is 10.0 Å². The van der Waals surface area contributed by atoms with Crippen molar-refractivity contribution in [3.63, 3.8) is 0 Å². The van der Waals surface area contributed by atoms with Gasteiger partial charge in [0.15, 0.2) is 0 Å². The molecule has 2 aliphatic rings. The van der Waals surface area contributed by atoms with E-state index in [-0.39, 0.29) is 26.4 Å². The predicted octanol–water partition coefficient (Wildman–Crippen LogP) is 3.49. The number of thiocarbonyl (C=S) groups is 1. The Morgan fingerprint density at radius 3 is 2.52 bits per heavy atom. The summed E-state index contributed by atoms with van der Waals surface area (Å²) < 4.78 is 39.5. The zero-order valence-electron chi connectivity index (χ0n) is 16.1. The van der Waals surface area contributed by atoms with E-state index in [4.69, 9.17) is 35.4 Å². The van der Waals surface area contributed by atoms with Gasteiger partial charge in [0.1, 0.15) is 10.9 Å². The topological polar surface area (TPSA) is 55.9 Å². The lowest BCUT2D eigenvalue weighted by Crippen LogP contribution is -2.54. The van der Waals surface area contributed by atoms with Gasteiger partial charge in [-0.25, -0.2) is 5.01 Å².